The summed E-state index contributed by atoms with van der Waals surface area (Å²) in [5.74, 6) is 1.42. The van der Waals surface area contributed by atoms with E-state index in [2.05, 4.69) is 45.7 Å². The van der Waals surface area contributed by atoms with Gasteiger partial charge in [0.2, 0.25) is 0 Å². The minimum Gasteiger partial charge on any atom is -0.310 e. The van der Waals surface area contributed by atoms with Crippen molar-refractivity contribution >= 4 is 33.6 Å². The van der Waals surface area contributed by atoms with Gasteiger partial charge >= 0.3 is 0 Å². The Labute approximate surface area is 153 Å². The molecule has 1 N–H and O–H groups in total. The number of nitrogens with zero attached hydrogens (tertiary/aromatic N) is 3. The quantitative estimate of drug-likeness (QED) is 0.639. The molecule has 0 unspecified atom stereocenters. The molecule has 1 saturated carbocycles. The largest absolute Gasteiger partial charge is 0.310 e. The summed E-state index contributed by atoms with van der Waals surface area (Å²) in [5.41, 5.74) is 2.67. The first-order chi connectivity index (χ1) is 11.6. The molecule has 0 amide bonds. The second kappa shape index (κ2) is 6.31. The van der Waals surface area contributed by atoms with Crippen LogP contribution in [0.2, 0.25) is 0 Å². The van der Waals surface area contributed by atoms with Crippen LogP contribution in [-0.4, -0.2) is 19.7 Å². The van der Waals surface area contributed by atoms with Crippen LogP contribution in [0.5, 0.6) is 0 Å². The SMILES string of the molecule is Cc1cccc(I)c1-n1ncc2c(=O)[nH]c(CC3CCCC3)nc21. The molecule has 0 spiro atoms. The maximum Gasteiger partial charge on any atom is 0.262 e. The topological polar surface area (TPSA) is 63.6 Å². The molecule has 1 fully saturated rings. The monoisotopic (exact) mass is 434 g/mol. The van der Waals surface area contributed by atoms with Crippen LogP contribution in [0.4, 0.5) is 0 Å². The number of nitrogens with one attached hydrogen (secondary N) is 1. The smallest absolute Gasteiger partial charge is 0.262 e. The number of hydrogen-bond acceptors (Lipinski definition) is 3. The highest BCUT2D eigenvalue weighted by Gasteiger charge is 2.19. The second-order valence-corrected chi connectivity index (χ2v) is 7.73. The average Bonchev–Trinajstić information content (AvgIpc) is 3.18. The third-order valence-corrected chi connectivity index (χ3v) is 5.71. The van der Waals surface area contributed by atoms with Gasteiger partial charge in [-0.1, -0.05) is 37.8 Å². The highest BCUT2D eigenvalue weighted by atomic mass is 127. The zero-order valence-electron chi connectivity index (χ0n) is 13.6. The van der Waals surface area contributed by atoms with Gasteiger partial charge in [-0.25, -0.2) is 9.67 Å². The maximum atomic E-state index is 12.4. The van der Waals surface area contributed by atoms with Gasteiger partial charge < -0.3 is 4.98 Å². The van der Waals surface area contributed by atoms with Crippen LogP contribution in [0.25, 0.3) is 16.7 Å². The van der Waals surface area contributed by atoms with Gasteiger partial charge in [0, 0.05) is 9.99 Å². The summed E-state index contributed by atoms with van der Waals surface area (Å²) < 4.78 is 2.90. The summed E-state index contributed by atoms with van der Waals surface area (Å²) in [6, 6.07) is 6.12. The lowest BCUT2D eigenvalue weighted by molar-refractivity contribution is 0.530. The number of benzene rings is 1. The van der Waals surface area contributed by atoms with Crippen molar-refractivity contribution in [1.82, 2.24) is 19.7 Å². The molecule has 0 radical (unpaired) electrons. The summed E-state index contributed by atoms with van der Waals surface area (Å²) in [4.78, 5) is 20.1. The molecule has 24 heavy (non-hydrogen) atoms. The van der Waals surface area contributed by atoms with Crippen molar-refractivity contribution in [2.24, 2.45) is 5.92 Å². The molecule has 124 valence electrons. The maximum absolute atomic E-state index is 12.4. The lowest BCUT2D eigenvalue weighted by atomic mass is 10.0. The lowest BCUT2D eigenvalue weighted by Crippen LogP contribution is -2.15. The van der Waals surface area contributed by atoms with Gasteiger partial charge in [-0.2, -0.15) is 5.10 Å². The number of para-hydroxylation sites is 1. The standard InChI is InChI=1S/C18H19IN4O/c1-11-5-4-8-14(19)16(11)23-17-13(10-20-23)18(24)22-15(21-17)9-12-6-2-3-7-12/h4-5,8,10,12H,2-3,6-7,9H2,1H3,(H,21,22,24). The van der Waals surface area contributed by atoms with Crippen molar-refractivity contribution in [3.63, 3.8) is 0 Å². The Hall–Kier alpha value is -1.70. The van der Waals surface area contributed by atoms with Crippen molar-refractivity contribution in [2.45, 2.75) is 39.0 Å². The van der Waals surface area contributed by atoms with Gasteiger partial charge in [-0.3, -0.25) is 4.79 Å². The third kappa shape index (κ3) is 2.76. The molecular weight excluding hydrogens is 415 g/mol. The summed E-state index contributed by atoms with van der Waals surface area (Å²) in [5, 5.41) is 5.00. The van der Waals surface area contributed by atoms with Crippen molar-refractivity contribution in [2.75, 3.05) is 0 Å². The molecule has 0 saturated heterocycles. The molecular formula is C18H19IN4O. The molecule has 3 aromatic rings. The van der Waals surface area contributed by atoms with E-state index >= 15 is 0 Å². The first kappa shape index (κ1) is 15.8. The van der Waals surface area contributed by atoms with Crippen LogP contribution >= 0.6 is 22.6 Å². The van der Waals surface area contributed by atoms with Gasteiger partial charge in [-0.05, 0) is 47.1 Å². The minimum atomic E-state index is -0.0946. The van der Waals surface area contributed by atoms with Crippen LogP contribution in [-0.2, 0) is 6.42 Å². The van der Waals surface area contributed by atoms with Crippen molar-refractivity contribution < 1.29 is 0 Å². The van der Waals surface area contributed by atoms with E-state index in [1.807, 2.05) is 12.1 Å². The van der Waals surface area contributed by atoms with Gasteiger partial charge in [0.15, 0.2) is 5.65 Å². The Balaban J connectivity index is 1.85. The predicted molar refractivity (Wildman–Crippen MR) is 103 cm³/mol. The van der Waals surface area contributed by atoms with Gasteiger partial charge in [-0.15, -0.1) is 0 Å². The number of hydrogen-bond donors (Lipinski definition) is 1. The number of H-pyrrole nitrogens is 1. The normalized spacial score (nSPS) is 15.4. The van der Waals surface area contributed by atoms with Crippen LogP contribution in [0.1, 0.15) is 37.1 Å². The Morgan fingerprint density at radius 2 is 2.12 bits per heavy atom. The van der Waals surface area contributed by atoms with Gasteiger partial charge in [0.05, 0.1) is 11.9 Å². The Morgan fingerprint density at radius 3 is 2.88 bits per heavy atom. The van der Waals surface area contributed by atoms with Crippen LogP contribution in [0, 0.1) is 16.4 Å². The molecule has 6 heteroatoms. The van der Waals surface area contributed by atoms with Crippen LogP contribution in [0.3, 0.4) is 0 Å². The van der Waals surface area contributed by atoms with E-state index in [0.29, 0.717) is 17.0 Å². The Morgan fingerprint density at radius 1 is 1.33 bits per heavy atom. The molecule has 0 bridgehead atoms. The zero-order valence-corrected chi connectivity index (χ0v) is 15.7. The summed E-state index contributed by atoms with van der Waals surface area (Å²) in [7, 11) is 0. The van der Waals surface area contributed by atoms with E-state index in [-0.39, 0.29) is 5.56 Å². The van der Waals surface area contributed by atoms with Crippen molar-refractivity contribution in [3.8, 4) is 5.69 Å². The van der Waals surface area contributed by atoms with E-state index in [0.717, 1.165) is 27.1 Å². The van der Waals surface area contributed by atoms with Crippen LogP contribution in [0.15, 0.2) is 29.2 Å². The molecule has 2 heterocycles. The second-order valence-electron chi connectivity index (χ2n) is 6.57. The van der Waals surface area contributed by atoms with E-state index in [9.17, 15) is 4.79 Å². The highest BCUT2D eigenvalue weighted by Crippen LogP contribution is 2.28. The molecule has 0 aliphatic heterocycles. The summed E-state index contributed by atoms with van der Waals surface area (Å²) in [6.45, 7) is 2.05. The number of aryl methyl sites for hydroxylation is 1. The number of fused-ring (bicyclic) bond motifs is 1. The molecule has 4 rings (SSSR count). The van der Waals surface area contributed by atoms with Crippen molar-refractivity contribution in [1.29, 1.82) is 0 Å². The zero-order chi connectivity index (χ0) is 16.7. The molecule has 1 aliphatic rings. The van der Waals surface area contributed by atoms with E-state index in [1.54, 1.807) is 10.9 Å². The number of aromatic amines is 1. The molecule has 5 nitrogen and oxygen atoms in total. The van der Waals surface area contributed by atoms with Gasteiger partial charge in [0.1, 0.15) is 11.2 Å². The van der Waals surface area contributed by atoms with Gasteiger partial charge in [0.25, 0.3) is 5.56 Å². The fraction of sp³-hybridized carbons (Fsp3) is 0.389. The summed E-state index contributed by atoms with van der Waals surface area (Å²) >= 11 is 2.30. The van der Waals surface area contributed by atoms with E-state index < -0.39 is 0 Å². The highest BCUT2D eigenvalue weighted by molar-refractivity contribution is 14.1. The number of rotatable bonds is 3. The fourth-order valence-corrected chi connectivity index (χ4v) is 4.47. The first-order valence-electron chi connectivity index (χ1n) is 8.36. The molecule has 0 atom stereocenters. The Bertz CT molecular complexity index is 933. The number of halogens is 1. The number of aromatic nitrogens is 4. The third-order valence-electron chi connectivity index (χ3n) is 4.84. The van der Waals surface area contributed by atoms with E-state index in [1.165, 1.54) is 25.7 Å². The first-order valence-corrected chi connectivity index (χ1v) is 9.44. The lowest BCUT2D eigenvalue weighted by Gasteiger charge is -2.11. The molecule has 2 aromatic heterocycles. The van der Waals surface area contributed by atoms with E-state index in [4.69, 9.17) is 4.98 Å². The molecule has 1 aliphatic carbocycles. The fourth-order valence-electron chi connectivity index (χ4n) is 3.60. The average molecular weight is 434 g/mol. The molecule has 1 aromatic carbocycles. The van der Waals surface area contributed by atoms with Crippen LogP contribution < -0.4 is 5.56 Å². The van der Waals surface area contributed by atoms with Crippen molar-refractivity contribution in [3.05, 3.63) is 49.7 Å². The summed E-state index contributed by atoms with van der Waals surface area (Å²) in [6.07, 6.45) is 7.50. The minimum absolute atomic E-state index is 0.0946. The Kier molecular flexibility index (Phi) is 4.15. The predicted octanol–water partition coefficient (Wildman–Crippen LogP) is 3.75.